The molecule has 0 aliphatic heterocycles. The molecule has 6 heteroatoms. The number of halogens is 1. The van der Waals surface area contributed by atoms with Crippen molar-refractivity contribution < 1.29 is 0 Å². The highest BCUT2D eigenvalue weighted by Crippen LogP contribution is 2.08. The fourth-order valence-corrected chi connectivity index (χ4v) is 2.01. The van der Waals surface area contributed by atoms with Crippen molar-refractivity contribution in [2.45, 2.75) is 52.5 Å². The summed E-state index contributed by atoms with van der Waals surface area (Å²) in [6, 6.07) is 0. The van der Waals surface area contributed by atoms with E-state index in [0.29, 0.717) is 12.5 Å². The smallest absolute Gasteiger partial charge is 0.188 e. The topological polar surface area (TPSA) is 68.2 Å². The van der Waals surface area contributed by atoms with Crippen molar-refractivity contribution in [1.82, 2.24) is 15.1 Å². The molecule has 0 radical (unpaired) electrons. The van der Waals surface area contributed by atoms with Crippen LogP contribution in [-0.4, -0.2) is 22.3 Å². The zero-order chi connectivity index (χ0) is 14.1. The van der Waals surface area contributed by atoms with Crippen LogP contribution in [0, 0.1) is 0 Å². The Labute approximate surface area is 139 Å². The second-order valence-electron chi connectivity index (χ2n) is 4.82. The number of rotatable bonds is 8. The largest absolute Gasteiger partial charge is 0.370 e. The van der Waals surface area contributed by atoms with Gasteiger partial charge in [-0.3, -0.25) is 4.68 Å². The van der Waals surface area contributed by atoms with Gasteiger partial charge in [0, 0.05) is 25.4 Å². The highest BCUT2D eigenvalue weighted by Gasteiger charge is 2.04. The minimum atomic E-state index is 0. The third-order valence-corrected chi connectivity index (χ3v) is 3.08. The maximum Gasteiger partial charge on any atom is 0.188 e. The van der Waals surface area contributed by atoms with E-state index in [2.05, 4.69) is 29.3 Å². The number of guanidine groups is 1. The van der Waals surface area contributed by atoms with Gasteiger partial charge in [0.1, 0.15) is 0 Å². The van der Waals surface area contributed by atoms with Gasteiger partial charge < -0.3 is 11.1 Å². The predicted molar refractivity (Wildman–Crippen MR) is 95.5 cm³/mol. The van der Waals surface area contributed by atoms with Gasteiger partial charge in [-0.05, 0) is 12.8 Å². The van der Waals surface area contributed by atoms with E-state index in [-0.39, 0.29) is 24.0 Å². The number of nitrogens with zero attached hydrogens (tertiary/aromatic N) is 3. The van der Waals surface area contributed by atoms with Crippen molar-refractivity contribution >= 4 is 29.9 Å². The molecule has 1 rings (SSSR count). The van der Waals surface area contributed by atoms with Crippen LogP contribution in [0.15, 0.2) is 11.2 Å². The SMILES string of the molecule is CCCCCCNC(N)=NCc1cn(C)nc1CC.I. The first kappa shape index (κ1) is 19.2. The van der Waals surface area contributed by atoms with Crippen LogP contribution in [0.3, 0.4) is 0 Å². The molecule has 1 aromatic rings. The Hall–Kier alpha value is -0.790. The summed E-state index contributed by atoms with van der Waals surface area (Å²) in [5.41, 5.74) is 8.10. The molecule has 0 saturated carbocycles. The highest BCUT2D eigenvalue weighted by atomic mass is 127. The molecule has 1 heterocycles. The van der Waals surface area contributed by atoms with Gasteiger partial charge >= 0.3 is 0 Å². The molecular weight excluding hydrogens is 365 g/mol. The maximum absolute atomic E-state index is 5.85. The van der Waals surface area contributed by atoms with Gasteiger partial charge in [0.15, 0.2) is 5.96 Å². The van der Waals surface area contributed by atoms with Gasteiger partial charge in [0.05, 0.1) is 12.2 Å². The Morgan fingerprint density at radius 1 is 1.35 bits per heavy atom. The Kier molecular flexibility index (Phi) is 10.5. The van der Waals surface area contributed by atoms with E-state index in [9.17, 15) is 0 Å². The number of hydrogen-bond donors (Lipinski definition) is 2. The molecule has 0 unspecified atom stereocenters. The minimum Gasteiger partial charge on any atom is -0.370 e. The monoisotopic (exact) mass is 393 g/mol. The van der Waals surface area contributed by atoms with Gasteiger partial charge in [0.2, 0.25) is 0 Å². The lowest BCUT2D eigenvalue weighted by atomic mass is 10.2. The lowest BCUT2D eigenvalue weighted by molar-refractivity contribution is 0.652. The van der Waals surface area contributed by atoms with Crippen molar-refractivity contribution in [2.75, 3.05) is 6.54 Å². The number of aryl methyl sites for hydroxylation is 2. The van der Waals surface area contributed by atoms with Gasteiger partial charge in [0.25, 0.3) is 0 Å². The molecule has 0 bridgehead atoms. The number of aromatic nitrogens is 2. The quantitative estimate of drug-likeness (QED) is 0.309. The molecule has 0 atom stereocenters. The van der Waals surface area contributed by atoms with E-state index in [4.69, 9.17) is 5.73 Å². The van der Waals surface area contributed by atoms with Gasteiger partial charge in [-0.15, -0.1) is 24.0 Å². The fourth-order valence-electron chi connectivity index (χ4n) is 2.01. The second kappa shape index (κ2) is 10.9. The second-order valence-corrected chi connectivity index (χ2v) is 4.82. The predicted octanol–water partition coefficient (Wildman–Crippen LogP) is 2.59. The van der Waals surface area contributed by atoms with Crippen LogP contribution in [0.25, 0.3) is 0 Å². The average molecular weight is 393 g/mol. The molecule has 20 heavy (non-hydrogen) atoms. The van der Waals surface area contributed by atoms with Gasteiger partial charge in [-0.1, -0.05) is 33.1 Å². The molecule has 0 fully saturated rings. The van der Waals surface area contributed by atoms with Crippen LogP contribution < -0.4 is 11.1 Å². The normalized spacial score (nSPS) is 11.2. The zero-order valence-corrected chi connectivity index (χ0v) is 15.2. The molecule has 116 valence electrons. The van der Waals surface area contributed by atoms with Crippen molar-refractivity contribution in [3.8, 4) is 0 Å². The summed E-state index contributed by atoms with van der Waals surface area (Å²) < 4.78 is 1.83. The van der Waals surface area contributed by atoms with Crippen LogP contribution in [0.4, 0.5) is 0 Å². The summed E-state index contributed by atoms with van der Waals surface area (Å²) in [7, 11) is 1.93. The average Bonchev–Trinajstić information content (AvgIpc) is 2.76. The maximum atomic E-state index is 5.85. The lowest BCUT2D eigenvalue weighted by Crippen LogP contribution is -2.32. The van der Waals surface area contributed by atoms with Gasteiger partial charge in [-0.25, -0.2) is 4.99 Å². The Bertz CT molecular complexity index is 400. The van der Waals surface area contributed by atoms with Crippen molar-refractivity contribution in [2.24, 2.45) is 17.8 Å². The molecule has 1 aromatic heterocycles. The number of aliphatic imine (C=N–C) groups is 1. The zero-order valence-electron chi connectivity index (χ0n) is 12.9. The summed E-state index contributed by atoms with van der Waals surface area (Å²) in [6.45, 7) is 5.82. The lowest BCUT2D eigenvalue weighted by Gasteiger charge is -2.05. The van der Waals surface area contributed by atoms with E-state index in [1.54, 1.807) is 0 Å². The molecule has 0 aliphatic carbocycles. The Morgan fingerprint density at radius 3 is 2.75 bits per heavy atom. The van der Waals surface area contributed by atoms with E-state index in [0.717, 1.165) is 30.6 Å². The Morgan fingerprint density at radius 2 is 2.10 bits per heavy atom. The molecule has 0 spiro atoms. The number of nitrogens with two attached hydrogens (primary N) is 1. The first-order valence-corrected chi connectivity index (χ1v) is 7.22. The standard InChI is InChI=1S/C14H27N5.HI/c1-4-6-7-8-9-16-14(15)17-10-12-11-19(3)18-13(12)5-2;/h11H,4-10H2,1-3H3,(H3,15,16,17);1H. The third-order valence-electron chi connectivity index (χ3n) is 3.08. The highest BCUT2D eigenvalue weighted by molar-refractivity contribution is 14.0. The van der Waals surface area contributed by atoms with E-state index in [1.807, 2.05) is 17.9 Å². The van der Waals surface area contributed by atoms with Crippen LogP contribution in [0.1, 0.15) is 50.8 Å². The molecule has 0 amide bonds. The fraction of sp³-hybridized carbons (Fsp3) is 0.714. The molecule has 0 aromatic carbocycles. The molecule has 0 saturated heterocycles. The van der Waals surface area contributed by atoms with Crippen molar-refractivity contribution in [3.05, 3.63) is 17.5 Å². The molecule has 0 aliphatic rings. The van der Waals surface area contributed by atoms with Crippen LogP contribution in [-0.2, 0) is 20.0 Å². The number of nitrogens with one attached hydrogen (secondary N) is 1. The summed E-state index contributed by atoms with van der Waals surface area (Å²) >= 11 is 0. The van der Waals surface area contributed by atoms with Gasteiger partial charge in [-0.2, -0.15) is 5.10 Å². The van der Waals surface area contributed by atoms with Crippen LogP contribution >= 0.6 is 24.0 Å². The Balaban J connectivity index is 0.00000361. The van der Waals surface area contributed by atoms with E-state index in [1.165, 1.54) is 19.3 Å². The summed E-state index contributed by atoms with van der Waals surface area (Å²) in [5, 5.41) is 7.55. The van der Waals surface area contributed by atoms with E-state index >= 15 is 0 Å². The molecule has 3 N–H and O–H groups in total. The van der Waals surface area contributed by atoms with Crippen molar-refractivity contribution in [3.63, 3.8) is 0 Å². The first-order chi connectivity index (χ1) is 9.17. The number of unbranched alkanes of at least 4 members (excludes halogenated alkanes) is 3. The van der Waals surface area contributed by atoms with E-state index < -0.39 is 0 Å². The first-order valence-electron chi connectivity index (χ1n) is 7.22. The molecule has 5 nitrogen and oxygen atoms in total. The summed E-state index contributed by atoms with van der Waals surface area (Å²) in [6.07, 6.45) is 7.88. The summed E-state index contributed by atoms with van der Waals surface area (Å²) in [4.78, 5) is 4.36. The molecular formula is C14H28IN5. The minimum absolute atomic E-state index is 0. The van der Waals surface area contributed by atoms with Crippen LogP contribution in [0.5, 0.6) is 0 Å². The number of hydrogen-bond acceptors (Lipinski definition) is 2. The van der Waals surface area contributed by atoms with Crippen molar-refractivity contribution in [1.29, 1.82) is 0 Å². The third kappa shape index (κ3) is 7.12. The van der Waals surface area contributed by atoms with Crippen LogP contribution in [0.2, 0.25) is 0 Å². The summed E-state index contributed by atoms with van der Waals surface area (Å²) in [5.74, 6) is 0.530.